The Labute approximate surface area is 234 Å². The normalized spacial score (nSPS) is 16.1. The maximum atomic E-state index is 13.6. The number of anilines is 1. The molecule has 212 valence electrons. The fraction of sp³-hybridized carbons (Fsp3) is 0.643. The molecule has 1 aromatic carbocycles. The molecule has 0 spiro atoms. The highest BCUT2D eigenvalue weighted by atomic mass is 35.5. The van der Waals surface area contributed by atoms with Gasteiger partial charge in [0.2, 0.25) is 5.91 Å². The Morgan fingerprint density at radius 1 is 1.18 bits per heavy atom. The minimum absolute atomic E-state index is 0.0767. The fourth-order valence-corrected chi connectivity index (χ4v) is 10.2. The zero-order chi connectivity index (χ0) is 28.1. The number of carbonyl (C=O) groups is 1. The third-order valence-electron chi connectivity index (χ3n) is 7.98. The van der Waals surface area contributed by atoms with Crippen LogP contribution < -0.4 is 5.32 Å². The first-order valence-electron chi connectivity index (χ1n) is 13.9. The summed E-state index contributed by atoms with van der Waals surface area (Å²) in [6.45, 7) is 11.5. The Bertz CT molecular complexity index is 1200. The van der Waals surface area contributed by atoms with E-state index in [0.29, 0.717) is 24.7 Å². The zero-order valence-electron chi connectivity index (χ0n) is 23.7. The summed E-state index contributed by atoms with van der Waals surface area (Å²) in [6, 6.07) is 9.91. The van der Waals surface area contributed by atoms with E-state index in [-0.39, 0.29) is 21.4 Å². The number of hydrogen-bond acceptors (Lipinski definition) is 5. The molecule has 0 saturated heterocycles. The molecular weight excluding hydrogens is 538 g/mol. The lowest BCUT2D eigenvalue weighted by Gasteiger charge is -2.38. The first-order chi connectivity index (χ1) is 17.8. The monoisotopic (exact) mass is 581 g/mol. The van der Waals surface area contributed by atoms with Crippen LogP contribution in [0.15, 0.2) is 35.4 Å². The van der Waals surface area contributed by atoms with Crippen LogP contribution in [-0.2, 0) is 25.6 Å². The van der Waals surface area contributed by atoms with Gasteiger partial charge in [0.05, 0.1) is 28.0 Å². The van der Waals surface area contributed by atoms with Gasteiger partial charge in [0, 0.05) is 18.5 Å². The summed E-state index contributed by atoms with van der Waals surface area (Å²) in [5, 5.41) is 7.78. The smallest absolute Gasteiger partial charge is 0.233 e. The predicted octanol–water partition coefficient (Wildman–Crippen LogP) is 7.04. The number of amides is 1. The number of aromatic nitrogens is 2. The Hall–Kier alpha value is -1.68. The summed E-state index contributed by atoms with van der Waals surface area (Å²) in [5.41, 5.74) is 0.353. The molecule has 0 bridgehead atoms. The second kappa shape index (κ2) is 12.7. The molecule has 0 radical (unpaired) electrons. The lowest BCUT2D eigenvalue weighted by Crippen LogP contribution is -2.46. The molecule has 1 heterocycles. The van der Waals surface area contributed by atoms with Crippen LogP contribution in [-0.4, -0.2) is 44.3 Å². The highest BCUT2D eigenvalue weighted by Gasteiger charge is 2.36. The van der Waals surface area contributed by atoms with Crippen molar-refractivity contribution in [2.75, 3.05) is 11.6 Å². The number of nitrogens with one attached hydrogen (secondary N) is 1. The summed E-state index contributed by atoms with van der Waals surface area (Å²) in [4.78, 5) is 13.6. The average Bonchev–Trinajstić information content (AvgIpc) is 3.52. The van der Waals surface area contributed by atoms with Gasteiger partial charge in [-0.15, -0.1) is 0 Å². The second-order valence-corrected chi connectivity index (χ2v) is 18.5. The van der Waals surface area contributed by atoms with Crippen LogP contribution in [0.5, 0.6) is 0 Å². The highest BCUT2D eigenvalue weighted by molar-refractivity contribution is 7.90. The van der Waals surface area contributed by atoms with E-state index in [2.05, 4.69) is 45.0 Å². The molecule has 1 fully saturated rings. The van der Waals surface area contributed by atoms with E-state index in [4.69, 9.17) is 16.0 Å². The van der Waals surface area contributed by atoms with Gasteiger partial charge in [-0.3, -0.25) is 9.48 Å². The average molecular weight is 582 g/mol. The molecule has 38 heavy (non-hydrogen) atoms. The summed E-state index contributed by atoms with van der Waals surface area (Å²) >= 11 is 6.35. The number of hydrogen-bond donors (Lipinski definition) is 1. The molecule has 7 nitrogen and oxygen atoms in total. The van der Waals surface area contributed by atoms with Gasteiger partial charge in [0.25, 0.3) is 0 Å². The highest BCUT2D eigenvalue weighted by Crippen LogP contribution is 2.36. The lowest BCUT2D eigenvalue weighted by molar-refractivity contribution is -0.118. The van der Waals surface area contributed by atoms with Crippen molar-refractivity contribution in [3.05, 3.63) is 41.0 Å². The van der Waals surface area contributed by atoms with Gasteiger partial charge in [-0.2, -0.15) is 5.10 Å². The second-order valence-electron chi connectivity index (χ2n) is 11.4. The molecule has 1 atom stereocenters. The van der Waals surface area contributed by atoms with Crippen molar-refractivity contribution in [1.82, 2.24) is 9.78 Å². The largest absolute Gasteiger partial charge is 0.410 e. The van der Waals surface area contributed by atoms with E-state index in [9.17, 15) is 13.2 Å². The lowest BCUT2D eigenvalue weighted by atomic mass is 9.87. The van der Waals surface area contributed by atoms with E-state index in [0.717, 1.165) is 42.8 Å². The van der Waals surface area contributed by atoms with Crippen molar-refractivity contribution in [2.24, 2.45) is 5.92 Å². The van der Waals surface area contributed by atoms with Crippen LogP contribution in [0.3, 0.4) is 0 Å². The van der Waals surface area contributed by atoms with E-state index in [1.165, 1.54) is 18.9 Å². The van der Waals surface area contributed by atoms with E-state index in [1.807, 2.05) is 16.9 Å². The molecule has 1 amide bonds. The molecule has 1 aromatic heterocycles. The minimum atomic E-state index is -3.45. The number of rotatable bonds is 13. The fourth-order valence-electron chi connectivity index (χ4n) is 5.71. The van der Waals surface area contributed by atoms with Crippen molar-refractivity contribution in [3.8, 4) is 0 Å². The molecule has 1 saturated carbocycles. The quantitative estimate of drug-likeness (QED) is 0.256. The number of nitrogens with zero attached hydrogens (tertiary/aromatic N) is 2. The Balaban J connectivity index is 1.77. The van der Waals surface area contributed by atoms with Crippen LogP contribution in [0.2, 0.25) is 23.2 Å². The first kappa shape index (κ1) is 30.9. The molecule has 2 aromatic rings. The molecule has 3 rings (SSSR count). The summed E-state index contributed by atoms with van der Waals surface area (Å²) in [7, 11) is -5.23. The maximum Gasteiger partial charge on any atom is 0.233 e. The van der Waals surface area contributed by atoms with Gasteiger partial charge in [-0.25, -0.2) is 8.42 Å². The molecule has 1 unspecified atom stereocenters. The Morgan fingerprint density at radius 2 is 1.82 bits per heavy atom. The van der Waals surface area contributed by atoms with Crippen molar-refractivity contribution in [3.63, 3.8) is 0 Å². The molecule has 10 heteroatoms. The zero-order valence-corrected chi connectivity index (χ0v) is 26.3. The molecule has 1 aliphatic rings. The van der Waals surface area contributed by atoms with Gasteiger partial charge >= 0.3 is 0 Å². The third kappa shape index (κ3) is 7.93. The van der Waals surface area contributed by atoms with Crippen LogP contribution in [0, 0.1) is 5.92 Å². The van der Waals surface area contributed by atoms with Gasteiger partial charge in [0.15, 0.2) is 24.0 Å². The number of sulfone groups is 1. The van der Waals surface area contributed by atoms with Crippen LogP contribution in [0.1, 0.15) is 78.2 Å². The Morgan fingerprint density at radius 3 is 2.37 bits per heavy atom. The summed E-state index contributed by atoms with van der Waals surface area (Å²) in [6.07, 6.45) is 8.24. The molecular formula is C28H44ClN3O4SSi. The Kier molecular flexibility index (Phi) is 10.3. The summed E-state index contributed by atoms with van der Waals surface area (Å²) < 4.78 is 32.6. The predicted molar refractivity (Wildman–Crippen MR) is 157 cm³/mol. The third-order valence-corrected chi connectivity index (χ3v) is 14.4. The van der Waals surface area contributed by atoms with Crippen molar-refractivity contribution in [2.45, 2.75) is 108 Å². The number of benzene rings is 1. The SMILES string of the molecule is CC[Si](CC)(CC)OC(C)(C)Cn1ccc(NC(=O)C(CC2CCCC2)c2ccc(S(C)(=O)=O)c(Cl)c2)n1. The minimum Gasteiger partial charge on any atom is -0.410 e. The van der Waals surface area contributed by atoms with E-state index >= 15 is 0 Å². The van der Waals surface area contributed by atoms with Gasteiger partial charge in [0.1, 0.15) is 0 Å². The number of carbonyl (C=O) groups excluding carboxylic acids is 1. The van der Waals surface area contributed by atoms with Crippen LogP contribution >= 0.6 is 11.6 Å². The molecule has 0 aliphatic heterocycles. The van der Waals surface area contributed by atoms with E-state index < -0.39 is 24.1 Å². The maximum absolute atomic E-state index is 13.6. The topological polar surface area (TPSA) is 90.3 Å². The van der Waals surface area contributed by atoms with Crippen molar-refractivity contribution < 1.29 is 17.6 Å². The first-order valence-corrected chi connectivity index (χ1v) is 18.6. The van der Waals surface area contributed by atoms with Crippen LogP contribution in [0.4, 0.5) is 5.82 Å². The van der Waals surface area contributed by atoms with Gasteiger partial charge in [-0.05, 0) is 62.0 Å². The summed E-state index contributed by atoms with van der Waals surface area (Å²) in [5.74, 6) is 0.343. The molecule has 1 N–H and O–H groups in total. The molecule has 1 aliphatic carbocycles. The standard InChI is InChI=1S/C28H44ClN3O4SSi/c1-7-38(8-2,9-3)36-28(4,5)20-32-17-16-26(31-32)30-27(33)23(18-21-12-10-11-13-21)22-14-15-25(24(29)19-22)37(6,34)35/h14-17,19,21,23H,7-13,18,20H2,1-6H3,(H,30,31,33). The van der Waals surface area contributed by atoms with Crippen LogP contribution in [0.25, 0.3) is 0 Å². The van der Waals surface area contributed by atoms with Crippen molar-refractivity contribution >= 4 is 41.5 Å². The number of halogens is 1. The van der Waals surface area contributed by atoms with Gasteiger partial charge in [-0.1, -0.05) is 64.1 Å². The van der Waals surface area contributed by atoms with Crippen molar-refractivity contribution in [1.29, 1.82) is 0 Å². The van der Waals surface area contributed by atoms with E-state index in [1.54, 1.807) is 12.1 Å². The van der Waals surface area contributed by atoms with Gasteiger partial charge < -0.3 is 9.74 Å².